The van der Waals surface area contributed by atoms with E-state index in [1.54, 1.807) is 6.07 Å². The zero-order valence-corrected chi connectivity index (χ0v) is 9.65. The van der Waals surface area contributed by atoms with Crippen LogP contribution >= 0.6 is 0 Å². The number of phenolic OH excluding ortho intramolecular Hbond substituents is 1. The predicted octanol–water partition coefficient (Wildman–Crippen LogP) is 3.44. The molecule has 1 aliphatic carbocycles. The van der Waals surface area contributed by atoms with Crippen molar-refractivity contribution >= 4 is 0 Å². The molecular formula is C12H16AgO. The van der Waals surface area contributed by atoms with E-state index in [-0.39, 0.29) is 22.4 Å². The second-order valence-electron chi connectivity index (χ2n) is 3.93. The van der Waals surface area contributed by atoms with Gasteiger partial charge in [0.25, 0.3) is 0 Å². The molecule has 0 bridgehead atoms. The van der Waals surface area contributed by atoms with Crippen LogP contribution in [0.25, 0.3) is 0 Å². The summed E-state index contributed by atoms with van der Waals surface area (Å²) in [6.07, 6.45) is 6.67. The van der Waals surface area contributed by atoms with Crippen LogP contribution in [0.2, 0.25) is 0 Å². The second kappa shape index (κ2) is 5.59. The van der Waals surface area contributed by atoms with Crippen molar-refractivity contribution in [3.63, 3.8) is 0 Å². The first-order valence-electron chi connectivity index (χ1n) is 5.15. The largest absolute Gasteiger partial charge is 0.508 e. The van der Waals surface area contributed by atoms with E-state index in [4.69, 9.17) is 0 Å². The maximum absolute atomic E-state index is 9.34. The van der Waals surface area contributed by atoms with Crippen LogP contribution in [0.1, 0.15) is 43.6 Å². The maximum atomic E-state index is 9.34. The van der Waals surface area contributed by atoms with Gasteiger partial charge >= 0.3 is 0 Å². The molecule has 0 saturated heterocycles. The van der Waals surface area contributed by atoms with Crippen molar-refractivity contribution < 1.29 is 27.5 Å². The van der Waals surface area contributed by atoms with Gasteiger partial charge in [-0.15, -0.1) is 0 Å². The van der Waals surface area contributed by atoms with Gasteiger partial charge in [-0.1, -0.05) is 31.4 Å². The smallest absolute Gasteiger partial charge is 0.115 e. The molecule has 2 heteroatoms. The van der Waals surface area contributed by atoms with Crippen LogP contribution in [0, 0.1) is 0 Å². The Kier molecular flexibility index (Phi) is 4.73. The fourth-order valence-electron chi connectivity index (χ4n) is 2.21. The first kappa shape index (κ1) is 11.8. The Balaban J connectivity index is 0.000000980. The molecule has 0 aliphatic heterocycles. The summed E-state index contributed by atoms with van der Waals surface area (Å²) >= 11 is 0. The van der Waals surface area contributed by atoms with Crippen LogP contribution in [0.15, 0.2) is 24.3 Å². The fraction of sp³-hybridized carbons (Fsp3) is 0.500. The third-order valence-electron chi connectivity index (χ3n) is 2.95. The Morgan fingerprint density at radius 3 is 2.43 bits per heavy atom. The number of hydrogen-bond acceptors (Lipinski definition) is 1. The minimum absolute atomic E-state index is 0. The third kappa shape index (κ3) is 2.88. The average molecular weight is 284 g/mol. The van der Waals surface area contributed by atoms with E-state index in [0.717, 1.165) is 0 Å². The molecule has 0 aromatic heterocycles. The summed E-state index contributed by atoms with van der Waals surface area (Å²) < 4.78 is 0. The van der Waals surface area contributed by atoms with E-state index in [0.29, 0.717) is 11.7 Å². The zero-order valence-electron chi connectivity index (χ0n) is 8.17. The van der Waals surface area contributed by atoms with Crippen LogP contribution in [0.3, 0.4) is 0 Å². The standard InChI is InChI=1S/C12H16O.Ag/c13-12-8-4-7-11(9-12)10-5-2-1-3-6-10;/h4,7-10,13H,1-3,5-6H2;. The van der Waals surface area contributed by atoms with Crippen molar-refractivity contribution in [1.29, 1.82) is 0 Å². The molecule has 1 radical (unpaired) electrons. The summed E-state index contributed by atoms with van der Waals surface area (Å²) in [6.45, 7) is 0. The van der Waals surface area contributed by atoms with E-state index in [9.17, 15) is 5.11 Å². The Bertz CT molecular complexity index is 279. The van der Waals surface area contributed by atoms with Gasteiger partial charge in [0, 0.05) is 22.4 Å². The minimum atomic E-state index is 0. The van der Waals surface area contributed by atoms with Gasteiger partial charge in [0.2, 0.25) is 0 Å². The van der Waals surface area contributed by atoms with Crippen molar-refractivity contribution in [3.8, 4) is 5.75 Å². The van der Waals surface area contributed by atoms with Gasteiger partial charge in [0.15, 0.2) is 0 Å². The van der Waals surface area contributed by atoms with E-state index < -0.39 is 0 Å². The molecule has 1 aliphatic rings. The molecule has 1 aromatic carbocycles. The summed E-state index contributed by atoms with van der Waals surface area (Å²) in [5.74, 6) is 1.10. The van der Waals surface area contributed by atoms with E-state index in [2.05, 4.69) is 6.07 Å². The summed E-state index contributed by atoms with van der Waals surface area (Å²) in [7, 11) is 0. The van der Waals surface area contributed by atoms with Gasteiger partial charge in [0.1, 0.15) is 5.75 Å². The SMILES string of the molecule is Oc1cccc(C2CCCCC2)c1.[Ag]. The van der Waals surface area contributed by atoms with Gasteiger partial charge in [0.05, 0.1) is 0 Å². The summed E-state index contributed by atoms with van der Waals surface area (Å²) in [5, 5.41) is 9.34. The maximum Gasteiger partial charge on any atom is 0.115 e. The first-order chi connectivity index (χ1) is 6.36. The van der Waals surface area contributed by atoms with E-state index in [1.807, 2.05) is 12.1 Å². The summed E-state index contributed by atoms with van der Waals surface area (Å²) in [4.78, 5) is 0. The molecule has 1 N–H and O–H groups in total. The summed E-state index contributed by atoms with van der Waals surface area (Å²) in [5.41, 5.74) is 1.32. The first-order valence-corrected chi connectivity index (χ1v) is 5.15. The van der Waals surface area contributed by atoms with Crippen LogP contribution < -0.4 is 0 Å². The molecular weight excluding hydrogens is 268 g/mol. The molecule has 2 rings (SSSR count). The summed E-state index contributed by atoms with van der Waals surface area (Å²) in [6, 6.07) is 7.73. The van der Waals surface area contributed by atoms with E-state index in [1.165, 1.54) is 37.7 Å². The Morgan fingerprint density at radius 2 is 1.79 bits per heavy atom. The molecule has 1 saturated carbocycles. The van der Waals surface area contributed by atoms with Crippen LogP contribution in [0.4, 0.5) is 0 Å². The fourth-order valence-corrected chi connectivity index (χ4v) is 2.21. The number of benzene rings is 1. The Morgan fingerprint density at radius 1 is 1.07 bits per heavy atom. The van der Waals surface area contributed by atoms with Crippen molar-refractivity contribution in [1.82, 2.24) is 0 Å². The number of phenols is 1. The number of rotatable bonds is 1. The normalized spacial score (nSPS) is 17.4. The van der Waals surface area contributed by atoms with Crippen LogP contribution in [-0.2, 0) is 22.4 Å². The molecule has 1 aromatic rings. The molecule has 14 heavy (non-hydrogen) atoms. The molecule has 0 heterocycles. The van der Waals surface area contributed by atoms with Crippen molar-refractivity contribution in [2.24, 2.45) is 0 Å². The van der Waals surface area contributed by atoms with Gasteiger partial charge < -0.3 is 5.11 Å². The molecule has 0 spiro atoms. The van der Waals surface area contributed by atoms with Crippen LogP contribution in [0.5, 0.6) is 5.75 Å². The topological polar surface area (TPSA) is 20.2 Å². The van der Waals surface area contributed by atoms with Gasteiger partial charge in [-0.2, -0.15) is 0 Å². The molecule has 1 nitrogen and oxygen atoms in total. The number of hydrogen-bond donors (Lipinski definition) is 1. The van der Waals surface area contributed by atoms with E-state index >= 15 is 0 Å². The van der Waals surface area contributed by atoms with Crippen molar-refractivity contribution in [3.05, 3.63) is 29.8 Å². The molecule has 0 atom stereocenters. The predicted molar refractivity (Wildman–Crippen MR) is 53.9 cm³/mol. The molecule has 1 fully saturated rings. The number of aromatic hydroxyl groups is 1. The molecule has 0 unspecified atom stereocenters. The minimum Gasteiger partial charge on any atom is -0.508 e. The van der Waals surface area contributed by atoms with Crippen LogP contribution in [-0.4, -0.2) is 5.11 Å². The van der Waals surface area contributed by atoms with Gasteiger partial charge in [-0.05, 0) is 36.5 Å². The quantitative estimate of drug-likeness (QED) is 0.783. The third-order valence-corrected chi connectivity index (χ3v) is 2.95. The van der Waals surface area contributed by atoms with Gasteiger partial charge in [-0.3, -0.25) is 0 Å². The molecule has 0 amide bonds. The van der Waals surface area contributed by atoms with Crippen molar-refractivity contribution in [2.45, 2.75) is 38.0 Å². The Labute approximate surface area is 101 Å². The molecule has 81 valence electrons. The monoisotopic (exact) mass is 283 g/mol. The van der Waals surface area contributed by atoms with Gasteiger partial charge in [-0.25, -0.2) is 0 Å². The average Bonchev–Trinajstić information content (AvgIpc) is 2.19. The van der Waals surface area contributed by atoms with Crippen molar-refractivity contribution in [2.75, 3.05) is 0 Å². The Hall–Kier alpha value is -0.240. The second-order valence-corrected chi connectivity index (χ2v) is 3.93. The zero-order chi connectivity index (χ0) is 9.10.